The minimum absolute atomic E-state index is 0.0832. The van der Waals surface area contributed by atoms with E-state index >= 15 is 0 Å². The second kappa shape index (κ2) is 10.0. The molecule has 0 aromatic heterocycles. The van der Waals surface area contributed by atoms with Gasteiger partial charge in [-0.1, -0.05) is 30.3 Å². The topological polar surface area (TPSA) is 78.9 Å². The van der Waals surface area contributed by atoms with Crippen LogP contribution in [0.3, 0.4) is 0 Å². The van der Waals surface area contributed by atoms with Crippen LogP contribution in [-0.4, -0.2) is 48.2 Å². The third kappa shape index (κ3) is 6.74. The molecule has 1 aromatic rings. The quantitative estimate of drug-likeness (QED) is 0.708. The molecule has 25 heavy (non-hydrogen) atoms. The number of rotatable bonds is 8. The largest absolute Gasteiger partial charge is 0.481 e. The van der Waals surface area contributed by atoms with E-state index < -0.39 is 5.97 Å². The van der Waals surface area contributed by atoms with Gasteiger partial charge < -0.3 is 20.1 Å². The number of amides is 2. The first-order valence-electron chi connectivity index (χ1n) is 8.92. The number of carboxylic acids is 1. The Bertz CT molecular complexity index is 542. The number of carboxylic acid groups (broad SMARTS) is 1. The maximum Gasteiger partial charge on any atom is 0.317 e. The fraction of sp³-hybridized carbons (Fsp3) is 0.579. The molecule has 0 saturated heterocycles. The lowest BCUT2D eigenvalue weighted by atomic mass is 9.86. The Morgan fingerprint density at radius 1 is 1.20 bits per heavy atom. The van der Waals surface area contributed by atoms with E-state index in [1.54, 1.807) is 11.9 Å². The van der Waals surface area contributed by atoms with E-state index in [1.807, 2.05) is 30.3 Å². The highest BCUT2D eigenvalue weighted by atomic mass is 16.5. The summed E-state index contributed by atoms with van der Waals surface area (Å²) in [6.07, 6.45) is 3.52. The monoisotopic (exact) mass is 348 g/mol. The first-order valence-corrected chi connectivity index (χ1v) is 8.92. The Morgan fingerprint density at radius 2 is 1.88 bits per heavy atom. The molecule has 1 fully saturated rings. The third-order valence-corrected chi connectivity index (χ3v) is 4.64. The molecule has 2 rings (SSSR count). The molecular formula is C19H28N2O4. The molecular weight excluding hydrogens is 320 g/mol. The van der Waals surface area contributed by atoms with Crippen LogP contribution in [0.1, 0.15) is 37.7 Å². The van der Waals surface area contributed by atoms with Crippen LogP contribution in [0.25, 0.3) is 0 Å². The molecule has 0 bridgehead atoms. The summed E-state index contributed by atoms with van der Waals surface area (Å²) >= 11 is 0. The number of nitrogens with one attached hydrogen (secondary N) is 1. The summed E-state index contributed by atoms with van der Waals surface area (Å²) in [5.41, 5.74) is 1.14. The van der Waals surface area contributed by atoms with Crippen LogP contribution in [0.4, 0.5) is 4.79 Å². The van der Waals surface area contributed by atoms with Crippen LogP contribution < -0.4 is 5.32 Å². The molecule has 1 aromatic carbocycles. The zero-order valence-corrected chi connectivity index (χ0v) is 14.8. The minimum atomic E-state index is -0.725. The number of hydrogen-bond donors (Lipinski definition) is 2. The smallest absolute Gasteiger partial charge is 0.317 e. The second-order valence-electron chi connectivity index (χ2n) is 6.65. The van der Waals surface area contributed by atoms with Crippen molar-refractivity contribution in [2.75, 3.05) is 20.2 Å². The fourth-order valence-corrected chi connectivity index (χ4v) is 3.04. The van der Waals surface area contributed by atoms with E-state index in [0.717, 1.165) is 24.8 Å². The fourth-order valence-electron chi connectivity index (χ4n) is 3.04. The molecule has 0 spiro atoms. The average Bonchev–Trinajstić information content (AvgIpc) is 2.62. The molecule has 138 valence electrons. The highest BCUT2D eigenvalue weighted by Gasteiger charge is 2.27. The van der Waals surface area contributed by atoms with E-state index in [0.29, 0.717) is 32.6 Å². The highest BCUT2D eigenvalue weighted by molar-refractivity contribution is 5.74. The van der Waals surface area contributed by atoms with Gasteiger partial charge in [-0.3, -0.25) is 4.79 Å². The summed E-state index contributed by atoms with van der Waals surface area (Å²) in [4.78, 5) is 24.8. The molecule has 6 nitrogen and oxygen atoms in total. The van der Waals surface area contributed by atoms with Gasteiger partial charge in [0.15, 0.2) is 0 Å². The van der Waals surface area contributed by atoms with Crippen molar-refractivity contribution in [3.05, 3.63) is 35.9 Å². The lowest BCUT2D eigenvalue weighted by molar-refractivity contribution is -0.142. The van der Waals surface area contributed by atoms with E-state index in [4.69, 9.17) is 9.84 Å². The third-order valence-electron chi connectivity index (χ3n) is 4.64. The zero-order chi connectivity index (χ0) is 18.1. The number of ether oxygens (including phenoxy) is 1. The van der Waals surface area contributed by atoms with Crippen molar-refractivity contribution in [3.63, 3.8) is 0 Å². The Balaban J connectivity index is 1.57. The summed E-state index contributed by atoms with van der Waals surface area (Å²) in [5.74, 6) is -0.981. The van der Waals surface area contributed by atoms with Gasteiger partial charge in [0.1, 0.15) is 0 Å². The predicted molar refractivity (Wildman–Crippen MR) is 95.3 cm³/mol. The van der Waals surface area contributed by atoms with E-state index in [9.17, 15) is 9.59 Å². The van der Waals surface area contributed by atoms with E-state index in [2.05, 4.69) is 5.32 Å². The van der Waals surface area contributed by atoms with Crippen LogP contribution in [0.2, 0.25) is 0 Å². The van der Waals surface area contributed by atoms with Crippen LogP contribution >= 0.6 is 0 Å². The molecule has 1 aliphatic rings. The SMILES string of the molecule is CN(CCCOCc1ccccc1)C(=O)NC1CCC(C(=O)O)CC1. The first-order chi connectivity index (χ1) is 12.1. The molecule has 2 N–H and O–H groups in total. The lowest BCUT2D eigenvalue weighted by Crippen LogP contribution is -2.45. The van der Waals surface area contributed by atoms with Crippen molar-refractivity contribution in [2.45, 2.75) is 44.8 Å². The van der Waals surface area contributed by atoms with Crippen molar-refractivity contribution < 1.29 is 19.4 Å². The molecule has 2 amide bonds. The molecule has 0 unspecified atom stereocenters. The Hall–Kier alpha value is -2.08. The van der Waals surface area contributed by atoms with Crippen LogP contribution in [0.5, 0.6) is 0 Å². The predicted octanol–water partition coefficient (Wildman–Crippen LogP) is 2.88. The number of urea groups is 1. The first kappa shape index (κ1) is 19.2. The molecule has 1 saturated carbocycles. The van der Waals surface area contributed by atoms with Crippen molar-refractivity contribution in [2.24, 2.45) is 5.92 Å². The summed E-state index contributed by atoms with van der Waals surface area (Å²) in [6, 6.07) is 9.99. The number of hydrogen-bond acceptors (Lipinski definition) is 3. The molecule has 1 aliphatic carbocycles. The summed E-state index contributed by atoms with van der Waals surface area (Å²) in [7, 11) is 1.77. The van der Waals surface area contributed by atoms with Gasteiger partial charge in [-0.25, -0.2) is 4.79 Å². The lowest BCUT2D eigenvalue weighted by Gasteiger charge is -2.28. The van der Waals surface area contributed by atoms with Gasteiger partial charge in [0.25, 0.3) is 0 Å². The van der Waals surface area contributed by atoms with Crippen LogP contribution in [0, 0.1) is 5.92 Å². The Labute approximate surface area is 149 Å². The molecule has 0 heterocycles. The van der Waals surface area contributed by atoms with Crippen LogP contribution in [-0.2, 0) is 16.1 Å². The summed E-state index contributed by atoms with van der Waals surface area (Å²) in [6.45, 7) is 1.82. The van der Waals surface area contributed by atoms with Gasteiger partial charge in [-0.05, 0) is 37.7 Å². The highest BCUT2D eigenvalue weighted by Crippen LogP contribution is 2.24. The van der Waals surface area contributed by atoms with Gasteiger partial charge in [0.2, 0.25) is 0 Å². The standard InChI is InChI=1S/C19H28N2O4/c1-21(12-5-13-25-14-15-6-3-2-4-7-15)19(24)20-17-10-8-16(9-11-17)18(22)23/h2-4,6-7,16-17H,5,8-14H2,1H3,(H,20,24)(H,22,23). The van der Waals surface area contributed by atoms with E-state index in [1.165, 1.54) is 0 Å². The molecule has 6 heteroatoms. The Morgan fingerprint density at radius 3 is 2.52 bits per heavy atom. The van der Waals surface area contributed by atoms with Gasteiger partial charge in [-0.2, -0.15) is 0 Å². The Kier molecular flexibility index (Phi) is 7.73. The van der Waals surface area contributed by atoms with E-state index in [-0.39, 0.29) is 18.0 Å². The van der Waals surface area contributed by atoms with Crippen molar-refractivity contribution >= 4 is 12.0 Å². The van der Waals surface area contributed by atoms with Crippen molar-refractivity contribution in [3.8, 4) is 0 Å². The van der Waals surface area contributed by atoms with Crippen molar-refractivity contribution in [1.82, 2.24) is 10.2 Å². The zero-order valence-electron chi connectivity index (χ0n) is 14.8. The number of carbonyl (C=O) groups is 2. The number of nitrogens with zero attached hydrogens (tertiary/aromatic N) is 1. The molecule has 0 radical (unpaired) electrons. The van der Waals surface area contributed by atoms with Gasteiger partial charge in [-0.15, -0.1) is 0 Å². The molecule has 0 aliphatic heterocycles. The van der Waals surface area contributed by atoms with Crippen molar-refractivity contribution in [1.29, 1.82) is 0 Å². The molecule has 0 atom stereocenters. The maximum atomic E-state index is 12.2. The number of benzene rings is 1. The van der Waals surface area contributed by atoms with Gasteiger partial charge in [0, 0.05) is 26.2 Å². The second-order valence-corrected chi connectivity index (χ2v) is 6.65. The number of carbonyl (C=O) groups excluding carboxylic acids is 1. The maximum absolute atomic E-state index is 12.2. The normalized spacial score (nSPS) is 20.0. The minimum Gasteiger partial charge on any atom is -0.481 e. The summed E-state index contributed by atoms with van der Waals surface area (Å²) < 4.78 is 5.62. The number of aliphatic carboxylic acids is 1. The van der Waals surface area contributed by atoms with Crippen LogP contribution in [0.15, 0.2) is 30.3 Å². The summed E-state index contributed by atoms with van der Waals surface area (Å²) in [5, 5.41) is 12.0. The van der Waals surface area contributed by atoms with Gasteiger partial charge in [0.05, 0.1) is 12.5 Å². The van der Waals surface area contributed by atoms with Gasteiger partial charge >= 0.3 is 12.0 Å². The average molecular weight is 348 g/mol.